The van der Waals surface area contributed by atoms with Gasteiger partial charge in [-0.15, -0.1) is 54.9 Å². The van der Waals surface area contributed by atoms with Crippen LogP contribution in [-0.4, -0.2) is 0 Å². The fourth-order valence-electron chi connectivity index (χ4n) is 6.39. The van der Waals surface area contributed by atoms with Crippen LogP contribution in [0.5, 0.6) is 0 Å². The second-order valence-corrected chi connectivity index (χ2v) is 10.5. The molecule has 4 aromatic rings. The van der Waals surface area contributed by atoms with E-state index in [0.29, 0.717) is 0 Å². The summed E-state index contributed by atoms with van der Waals surface area (Å²) >= 11 is 0. The van der Waals surface area contributed by atoms with Gasteiger partial charge in [0.05, 0.1) is 0 Å². The van der Waals surface area contributed by atoms with Crippen molar-refractivity contribution >= 4 is 21.5 Å². The molecule has 186 valence electrons. The molecule has 0 nitrogen and oxygen atoms in total. The molecule has 0 aliphatic heterocycles. The number of benzene rings is 2. The van der Waals surface area contributed by atoms with Crippen molar-refractivity contribution in [3.8, 4) is 0 Å². The van der Waals surface area contributed by atoms with Crippen LogP contribution >= 0.6 is 0 Å². The van der Waals surface area contributed by atoms with Crippen LogP contribution in [-0.2, 0) is 38.7 Å². The second-order valence-electron chi connectivity index (χ2n) is 10.5. The van der Waals surface area contributed by atoms with Crippen LogP contribution in [0, 0.1) is 83.1 Å². The first-order valence-electron chi connectivity index (χ1n) is 12.2. The molecular formula is C32H40Cl2Hf. The summed E-state index contributed by atoms with van der Waals surface area (Å²) in [6.45, 7) is 27.8. The van der Waals surface area contributed by atoms with Crippen LogP contribution in [0.2, 0.25) is 0 Å². The molecule has 0 N–H and O–H groups in total. The number of rotatable bonds is 3. The van der Waals surface area contributed by atoms with E-state index in [-0.39, 0.29) is 50.7 Å². The number of hydrogen-bond donors (Lipinski definition) is 0. The molecule has 0 aromatic heterocycles. The van der Waals surface area contributed by atoms with Crippen molar-refractivity contribution in [3.63, 3.8) is 0 Å². The van der Waals surface area contributed by atoms with Gasteiger partial charge in [0.2, 0.25) is 0 Å². The number of hydrogen-bond acceptors (Lipinski definition) is 0. The zero-order valence-corrected chi connectivity index (χ0v) is 28.8. The summed E-state index contributed by atoms with van der Waals surface area (Å²) in [5, 5.41) is 6.09. The summed E-state index contributed by atoms with van der Waals surface area (Å²) in [5.74, 6) is 0. The average molecular weight is 674 g/mol. The van der Waals surface area contributed by atoms with E-state index in [2.05, 4.69) is 83.1 Å². The third-order valence-electron chi connectivity index (χ3n) is 9.38. The van der Waals surface area contributed by atoms with E-state index < -0.39 is 0 Å². The topological polar surface area (TPSA) is 0 Å². The Morgan fingerprint density at radius 2 is 0.629 bits per heavy atom. The summed E-state index contributed by atoms with van der Waals surface area (Å²) in [6.07, 6.45) is 2.23. The Labute approximate surface area is 244 Å². The Kier molecular flexibility index (Phi) is 10.3. The maximum Gasteiger partial charge on any atom is 4.00 e. The van der Waals surface area contributed by atoms with Gasteiger partial charge in [-0.3, -0.25) is 0 Å². The van der Waals surface area contributed by atoms with Crippen molar-refractivity contribution < 1.29 is 50.7 Å². The van der Waals surface area contributed by atoms with Crippen LogP contribution in [0.4, 0.5) is 0 Å². The predicted molar refractivity (Wildman–Crippen MR) is 143 cm³/mol. The Morgan fingerprint density at radius 1 is 0.371 bits per heavy atom. The van der Waals surface area contributed by atoms with Crippen LogP contribution < -0.4 is 24.8 Å². The minimum absolute atomic E-state index is 0. The van der Waals surface area contributed by atoms with Crippen LogP contribution in [0.1, 0.15) is 77.9 Å². The number of aryl methyl sites for hydroxylation is 8. The molecule has 0 saturated carbocycles. The van der Waals surface area contributed by atoms with Crippen molar-refractivity contribution in [2.75, 3.05) is 0 Å². The van der Waals surface area contributed by atoms with Crippen LogP contribution in [0.3, 0.4) is 0 Å². The molecule has 4 aromatic carbocycles. The largest absolute Gasteiger partial charge is 4.00 e. The predicted octanol–water partition coefficient (Wildman–Crippen LogP) is 2.92. The molecule has 0 bridgehead atoms. The summed E-state index contributed by atoms with van der Waals surface area (Å²) in [5.41, 5.74) is 20.9. The Bertz CT molecular complexity index is 1320. The molecule has 0 saturated heterocycles. The minimum atomic E-state index is 0. The van der Waals surface area contributed by atoms with E-state index in [1.807, 2.05) is 0 Å². The zero-order chi connectivity index (χ0) is 23.8. The Hall–Kier alpha value is -0.890. The minimum Gasteiger partial charge on any atom is -1.00 e. The first-order chi connectivity index (χ1) is 14.9. The SMILES string of the molecule is Cc1c(C)c(C)c2c(c1C)c(C)c(C)[c-]2CC[c-]1c(C)c(C)c2c(C)c(C)c(C)c(C)c21.[Cl-].[Cl-].[Hf+4]. The molecule has 0 aliphatic rings. The van der Waals surface area contributed by atoms with E-state index in [1.165, 1.54) is 88.3 Å². The van der Waals surface area contributed by atoms with Crippen molar-refractivity contribution in [2.24, 2.45) is 0 Å². The maximum atomic E-state index is 2.35. The van der Waals surface area contributed by atoms with Gasteiger partial charge in [0.25, 0.3) is 0 Å². The van der Waals surface area contributed by atoms with Gasteiger partial charge < -0.3 is 24.8 Å². The molecule has 0 spiro atoms. The van der Waals surface area contributed by atoms with Gasteiger partial charge in [-0.25, -0.2) is 0 Å². The van der Waals surface area contributed by atoms with Crippen molar-refractivity contribution in [1.29, 1.82) is 0 Å². The summed E-state index contributed by atoms with van der Waals surface area (Å²) in [6, 6.07) is 0. The van der Waals surface area contributed by atoms with Gasteiger partial charge in [0.1, 0.15) is 0 Å². The van der Waals surface area contributed by atoms with E-state index in [1.54, 1.807) is 11.1 Å². The standard InChI is InChI=1S/C32H40.2ClH.Hf/c1-15-17(3)23(9)31-27(19(5)25(11)29(31)21(15)7)13-14-28-20(6)26(12)30-22(8)16(2)18(4)24(10)32(28)30;;;/h13-14H2,1-12H3;2*1H;/q-2;;;+4/p-2. The fourth-order valence-corrected chi connectivity index (χ4v) is 6.39. The molecule has 0 atom stereocenters. The molecule has 0 fully saturated rings. The second kappa shape index (κ2) is 11.2. The zero-order valence-electron chi connectivity index (χ0n) is 23.7. The van der Waals surface area contributed by atoms with Crippen LogP contribution in [0.15, 0.2) is 0 Å². The van der Waals surface area contributed by atoms with E-state index in [9.17, 15) is 0 Å². The van der Waals surface area contributed by atoms with Crippen LogP contribution in [0.25, 0.3) is 21.5 Å². The van der Waals surface area contributed by atoms with Gasteiger partial charge >= 0.3 is 25.8 Å². The summed E-state index contributed by atoms with van der Waals surface area (Å²) in [4.78, 5) is 0. The van der Waals surface area contributed by atoms with Gasteiger partial charge in [0.15, 0.2) is 0 Å². The molecule has 0 radical (unpaired) electrons. The Balaban J connectivity index is 0.00000204. The van der Waals surface area contributed by atoms with E-state index >= 15 is 0 Å². The molecule has 3 heteroatoms. The van der Waals surface area contributed by atoms with Gasteiger partial charge in [-0.2, -0.15) is 11.1 Å². The summed E-state index contributed by atoms with van der Waals surface area (Å²) in [7, 11) is 0. The number of halogens is 2. The third kappa shape index (κ3) is 4.53. The van der Waals surface area contributed by atoms with Gasteiger partial charge in [0, 0.05) is 0 Å². The quantitative estimate of drug-likeness (QED) is 0.232. The normalized spacial score (nSPS) is 11.0. The fraction of sp³-hybridized carbons (Fsp3) is 0.438. The monoisotopic (exact) mass is 674 g/mol. The molecule has 0 aliphatic carbocycles. The molecule has 4 rings (SSSR count). The first kappa shape index (κ1) is 32.1. The molecule has 0 unspecified atom stereocenters. The maximum absolute atomic E-state index is 2.35. The van der Waals surface area contributed by atoms with E-state index in [0.717, 1.165) is 12.8 Å². The molecule has 35 heavy (non-hydrogen) atoms. The van der Waals surface area contributed by atoms with Gasteiger partial charge in [-0.1, -0.05) is 87.8 Å². The van der Waals surface area contributed by atoms with Crippen molar-refractivity contribution in [2.45, 2.75) is 95.9 Å². The van der Waals surface area contributed by atoms with Crippen molar-refractivity contribution in [3.05, 3.63) is 77.9 Å². The summed E-state index contributed by atoms with van der Waals surface area (Å²) < 4.78 is 0. The van der Waals surface area contributed by atoms with E-state index in [4.69, 9.17) is 0 Å². The average Bonchev–Trinajstić information content (AvgIpc) is 3.16. The van der Waals surface area contributed by atoms with Crippen molar-refractivity contribution in [1.82, 2.24) is 0 Å². The first-order valence-corrected chi connectivity index (χ1v) is 12.2. The Morgan fingerprint density at radius 3 is 0.914 bits per heavy atom. The molecular weight excluding hydrogens is 634 g/mol. The van der Waals surface area contributed by atoms with Gasteiger partial charge in [-0.05, 0) is 41.5 Å². The molecule has 0 amide bonds. The smallest absolute Gasteiger partial charge is 1.00 e. The molecule has 0 heterocycles. The third-order valence-corrected chi connectivity index (χ3v) is 9.38. The number of fused-ring (bicyclic) bond motifs is 2.